The Morgan fingerprint density at radius 1 is 1.50 bits per heavy atom. The highest BCUT2D eigenvalue weighted by Crippen LogP contribution is 2.31. The van der Waals surface area contributed by atoms with Crippen molar-refractivity contribution < 1.29 is 9.66 Å². The Labute approximate surface area is 120 Å². The zero-order valence-electron chi connectivity index (χ0n) is 11.4. The second-order valence-electron chi connectivity index (χ2n) is 4.32. The van der Waals surface area contributed by atoms with Gasteiger partial charge < -0.3 is 10.1 Å². The van der Waals surface area contributed by atoms with Crippen LogP contribution in [0, 0.1) is 17.0 Å². The van der Waals surface area contributed by atoms with Gasteiger partial charge in [0.1, 0.15) is 5.01 Å². The number of hydrogen-bond acceptors (Lipinski definition) is 6. The highest BCUT2D eigenvalue weighted by molar-refractivity contribution is 7.11. The Morgan fingerprint density at radius 3 is 2.80 bits per heavy atom. The molecule has 0 aliphatic heterocycles. The smallest absolute Gasteiger partial charge is 0.311 e. The van der Waals surface area contributed by atoms with Gasteiger partial charge in [0.05, 0.1) is 18.1 Å². The largest absolute Gasteiger partial charge is 0.490 e. The Hall–Kier alpha value is -2.15. The van der Waals surface area contributed by atoms with Gasteiger partial charge in [-0.3, -0.25) is 10.1 Å². The number of nitro benzene ring substituents is 1. The summed E-state index contributed by atoms with van der Waals surface area (Å²) in [6.45, 7) is 3.99. The Balaban J connectivity index is 2.19. The molecule has 7 heteroatoms. The van der Waals surface area contributed by atoms with E-state index in [0.717, 1.165) is 15.6 Å². The minimum atomic E-state index is -0.462. The highest BCUT2D eigenvalue weighted by Gasteiger charge is 2.16. The van der Waals surface area contributed by atoms with Gasteiger partial charge in [-0.25, -0.2) is 4.98 Å². The second-order valence-corrected chi connectivity index (χ2v) is 5.59. The number of rotatable bonds is 5. The highest BCUT2D eigenvalue weighted by atomic mass is 32.1. The van der Waals surface area contributed by atoms with Gasteiger partial charge in [0.2, 0.25) is 0 Å². The van der Waals surface area contributed by atoms with Crippen LogP contribution in [0.25, 0.3) is 0 Å². The first kappa shape index (κ1) is 14.3. The molecule has 20 heavy (non-hydrogen) atoms. The summed E-state index contributed by atoms with van der Waals surface area (Å²) in [5, 5.41) is 15.1. The summed E-state index contributed by atoms with van der Waals surface area (Å²) < 4.78 is 5.04. The van der Waals surface area contributed by atoms with E-state index in [2.05, 4.69) is 10.3 Å². The summed E-state index contributed by atoms with van der Waals surface area (Å²) in [6, 6.07) is 4.74. The zero-order chi connectivity index (χ0) is 14.7. The molecule has 1 aromatic carbocycles. The van der Waals surface area contributed by atoms with Gasteiger partial charge in [0, 0.05) is 28.9 Å². The van der Waals surface area contributed by atoms with Crippen LogP contribution < -0.4 is 10.1 Å². The van der Waals surface area contributed by atoms with E-state index in [0.29, 0.717) is 0 Å². The van der Waals surface area contributed by atoms with Crippen LogP contribution in [0.15, 0.2) is 24.4 Å². The molecule has 0 radical (unpaired) electrons. The quantitative estimate of drug-likeness (QED) is 0.674. The van der Waals surface area contributed by atoms with Crippen molar-refractivity contribution in [2.45, 2.75) is 19.9 Å². The average Bonchev–Trinajstić information content (AvgIpc) is 2.85. The minimum absolute atomic E-state index is 0.0277. The normalized spacial score (nSPS) is 11.9. The monoisotopic (exact) mass is 293 g/mol. The van der Waals surface area contributed by atoms with Crippen molar-refractivity contribution in [3.63, 3.8) is 0 Å². The fourth-order valence-corrected chi connectivity index (χ4v) is 2.58. The van der Waals surface area contributed by atoms with Crippen LogP contribution in [0.4, 0.5) is 11.4 Å². The molecule has 106 valence electrons. The molecule has 6 nitrogen and oxygen atoms in total. The Bertz CT molecular complexity index is 627. The van der Waals surface area contributed by atoms with E-state index in [4.69, 9.17) is 4.74 Å². The number of nitro groups is 1. The zero-order valence-corrected chi connectivity index (χ0v) is 12.2. The van der Waals surface area contributed by atoms with Gasteiger partial charge >= 0.3 is 5.69 Å². The van der Waals surface area contributed by atoms with Crippen LogP contribution in [-0.4, -0.2) is 17.0 Å². The molecule has 0 saturated carbocycles. The predicted octanol–water partition coefficient (Wildman–Crippen LogP) is 3.54. The molecule has 0 spiro atoms. The molecule has 2 aromatic rings. The topological polar surface area (TPSA) is 77.3 Å². The number of anilines is 1. The first-order chi connectivity index (χ1) is 9.51. The van der Waals surface area contributed by atoms with Crippen molar-refractivity contribution in [1.82, 2.24) is 4.98 Å². The van der Waals surface area contributed by atoms with Crippen LogP contribution in [0.1, 0.15) is 22.9 Å². The van der Waals surface area contributed by atoms with Crippen molar-refractivity contribution in [3.05, 3.63) is 44.4 Å². The second kappa shape index (κ2) is 5.87. The van der Waals surface area contributed by atoms with E-state index in [1.807, 2.05) is 20.0 Å². The summed E-state index contributed by atoms with van der Waals surface area (Å²) in [4.78, 5) is 15.8. The molecule has 2 rings (SSSR count). The molecule has 0 aliphatic rings. The van der Waals surface area contributed by atoms with E-state index in [9.17, 15) is 10.1 Å². The molecule has 0 amide bonds. The van der Waals surface area contributed by atoms with Crippen molar-refractivity contribution in [1.29, 1.82) is 0 Å². The van der Waals surface area contributed by atoms with Crippen molar-refractivity contribution >= 4 is 22.7 Å². The van der Waals surface area contributed by atoms with Crippen LogP contribution in [0.5, 0.6) is 5.75 Å². The third-order valence-corrected chi connectivity index (χ3v) is 3.86. The maximum atomic E-state index is 10.8. The number of methoxy groups -OCH3 is 1. The molecule has 0 saturated heterocycles. The maximum Gasteiger partial charge on any atom is 0.311 e. The van der Waals surface area contributed by atoms with Gasteiger partial charge in [-0.15, -0.1) is 11.3 Å². The van der Waals surface area contributed by atoms with Crippen LogP contribution in [-0.2, 0) is 0 Å². The van der Waals surface area contributed by atoms with Gasteiger partial charge in [-0.05, 0) is 19.9 Å². The van der Waals surface area contributed by atoms with E-state index >= 15 is 0 Å². The number of nitrogens with zero attached hydrogens (tertiary/aromatic N) is 2. The lowest BCUT2D eigenvalue weighted by Gasteiger charge is -2.13. The Kier molecular flexibility index (Phi) is 4.19. The number of benzene rings is 1. The van der Waals surface area contributed by atoms with E-state index < -0.39 is 4.92 Å². The number of ether oxygens (including phenoxy) is 1. The van der Waals surface area contributed by atoms with E-state index in [1.54, 1.807) is 23.5 Å². The van der Waals surface area contributed by atoms with Crippen molar-refractivity contribution in [2.75, 3.05) is 12.4 Å². The summed E-state index contributed by atoms with van der Waals surface area (Å²) in [5.41, 5.74) is 0.712. The third-order valence-electron chi connectivity index (χ3n) is 2.77. The van der Waals surface area contributed by atoms with Gasteiger partial charge in [-0.1, -0.05) is 0 Å². The van der Waals surface area contributed by atoms with Crippen LogP contribution in [0.2, 0.25) is 0 Å². The summed E-state index contributed by atoms with van der Waals surface area (Å²) in [6.07, 6.45) is 1.83. The third kappa shape index (κ3) is 3.05. The van der Waals surface area contributed by atoms with Crippen LogP contribution in [0.3, 0.4) is 0 Å². The molecule has 1 heterocycles. The van der Waals surface area contributed by atoms with Crippen LogP contribution >= 0.6 is 11.3 Å². The average molecular weight is 293 g/mol. The van der Waals surface area contributed by atoms with Crippen molar-refractivity contribution in [3.8, 4) is 5.75 Å². The van der Waals surface area contributed by atoms with E-state index in [-0.39, 0.29) is 17.5 Å². The SMILES string of the molecule is COc1cc(NC(C)c2ncc(C)s2)ccc1[N+](=O)[O-]. The molecule has 0 bridgehead atoms. The molecule has 1 aromatic heterocycles. The summed E-state index contributed by atoms with van der Waals surface area (Å²) >= 11 is 1.62. The number of aromatic nitrogens is 1. The van der Waals surface area contributed by atoms with E-state index in [1.165, 1.54) is 13.2 Å². The summed E-state index contributed by atoms with van der Waals surface area (Å²) in [7, 11) is 1.42. The Morgan fingerprint density at radius 2 is 2.25 bits per heavy atom. The lowest BCUT2D eigenvalue weighted by molar-refractivity contribution is -0.385. The first-order valence-electron chi connectivity index (χ1n) is 6.02. The first-order valence-corrected chi connectivity index (χ1v) is 6.84. The lowest BCUT2D eigenvalue weighted by atomic mass is 10.2. The standard InChI is InChI=1S/C13H15N3O3S/c1-8-7-14-13(20-8)9(2)15-10-4-5-11(16(17)18)12(6-10)19-3/h4-7,9,15H,1-3H3. The number of aryl methyl sites for hydroxylation is 1. The van der Waals surface area contributed by atoms with Gasteiger partial charge in [0.25, 0.3) is 0 Å². The fourth-order valence-electron chi connectivity index (χ4n) is 1.80. The molecule has 0 aliphatic carbocycles. The summed E-state index contributed by atoms with van der Waals surface area (Å²) in [5.74, 6) is 0.238. The molecule has 0 fully saturated rings. The van der Waals surface area contributed by atoms with Gasteiger partial charge in [-0.2, -0.15) is 0 Å². The molecular formula is C13H15N3O3S. The maximum absolute atomic E-state index is 10.8. The predicted molar refractivity (Wildman–Crippen MR) is 78.5 cm³/mol. The number of hydrogen-bond donors (Lipinski definition) is 1. The molecular weight excluding hydrogens is 278 g/mol. The lowest BCUT2D eigenvalue weighted by Crippen LogP contribution is -2.06. The van der Waals surface area contributed by atoms with Crippen molar-refractivity contribution in [2.24, 2.45) is 0 Å². The fraction of sp³-hybridized carbons (Fsp3) is 0.308. The number of nitrogens with one attached hydrogen (secondary N) is 1. The molecule has 1 unspecified atom stereocenters. The minimum Gasteiger partial charge on any atom is -0.490 e. The molecule has 1 N–H and O–H groups in total. The number of thiazole rings is 1. The molecule has 1 atom stereocenters. The van der Waals surface area contributed by atoms with Gasteiger partial charge in [0.15, 0.2) is 5.75 Å².